The summed E-state index contributed by atoms with van der Waals surface area (Å²) < 4.78 is 0. The summed E-state index contributed by atoms with van der Waals surface area (Å²) in [5.41, 5.74) is 2.33. The van der Waals surface area contributed by atoms with Crippen LogP contribution in [-0.4, -0.2) is 65.2 Å². The molecule has 3 aromatic rings. The minimum atomic E-state index is 0. The SMILES string of the molecule is Cl.Cl.Cl.NN1Oc2c(sc3c2CCNC3)N=C1SCCCN1CCN(c2ccc3ccccc3n2)CC1. The Bertz CT molecular complexity index is 1220. The summed E-state index contributed by atoms with van der Waals surface area (Å²) in [6, 6.07) is 12.6. The number of nitrogens with one attached hydrogen (secondary N) is 1. The number of piperazine rings is 1. The molecule has 6 rings (SSSR count). The van der Waals surface area contributed by atoms with Gasteiger partial charge in [0.25, 0.3) is 0 Å². The molecule has 1 aromatic carbocycles. The zero-order valence-corrected chi connectivity index (χ0v) is 24.4. The molecule has 5 heterocycles. The average Bonchev–Trinajstić information content (AvgIpc) is 3.24. The van der Waals surface area contributed by atoms with Crippen LogP contribution in [0.25, 0.3) is 10.9 Å². The number of pyridine rings is 1. The summed E-state index contributed by atoms with van der Waals surface area (Å²) in [5.74, 6) is 9.04. The van der Waals surface area contributed by atoms with E-state index in [9.17, 15) is 0 Å². The van der Waals surface area contributed by atoms with Gasteiger partial charge in [-0.05, 0) is 44.1 Å². The van der Waals surface area contributed by atoms with Crippen LogP contribution in [0, 0.1) is 0 Å². The molecule has 3 aliphatic heterocycles. The summed E-state index contributed by atoms with van der Waals surface area (Å²) in [6.07, 6.45) is 2.06. The summed E-state index contributed by atoms with van der Waals surface area (Å²) in [5, 5.41) is 7.64. The third kappa shape index (κ3) is 6.57. The molecule has 1 fully saturated rings. The van der Waals surface area contributed by atoms with Crippen LogP contribution in [0.2, 0.25) is 0 Å². The van der Waals surface area contributed by atoms with Crippen LogP contribution in [0.15, 0.2) is 41.4 Å². The number of anilines is 1. The maximum Gasteiger partial charge on any atom is 0.218 e. The molecule has 0 aliphatic carbocycles. The van der Waals surface area contributed by atoms with E-state index in [0.717, 1.165) is 91.7 Å². The molecule has 0 bridgehead atoms. The Balaban J connectivity index is 0.00000127. The Morgan fingerprint density at radius 1 is 1.05 bits per heavy atom. The number of hydrogen-bond acceptors (Lipinski definition) is 10. The molecule has 3 aliphatic rings. The van der Waals surface area contributed by atoms with Crippen molar-refractivity contribution >= 4 is 87.2 Å². The summed E-state index contributed by atoms with van der Waals surface area (Å²) in [4.78, 5) is 21.8. The predicted molar refractivity (Wildman–Crippen MR) is 163 cm³/mol. The zero-order valence-electron chi connectivity index (χ0n) is 20.3. The number of nitrogens with zero attached hydrogens (tertiary/aromatic N) is 5. The lowest BCUT2D eigenvalue weighted by Crippen LogP contribution is -2.47. The van der Waals surface area contributed by atoms with Crippen LogP contribution in [0.4, 0.5) is 10.8 Å². The highest BCUT2D eigenvalue weighted by molar-refractivity contribution is 8.13. The highest BCUT2D eigenvalue weighted by Crippen LogP contribution is 2.46. The molecule has 13 heteroatoms. The van der Waals surface area contributed by atoms with Gasteiger partial charge in [-0.3, -0.25) is 4.90 Å². The van der Waals surface area contributed by atoms with Gasteiger partial charge >= 0.3 is 0 Å². The molecular formula is C24H32Cl3N7OS2. The minimum Gasteiger partial charge on any atom is -0.359 e. The van der Waals surface area contributed by atoms with Gasteiger partial charge in [-0.25, -0.2) is 15.8 Å². The molecule has 8 nitrogen and oxygen atoms in total. The summed E-state index contributed by atoms with van der Waals surface area (Å²) >= 11 is 3.39. The van der Waals surface area contributed by atoms with Crippen LogP contribution in [0.5, 0.6) is 5.75 Å². The fourth-order valence-corrected chi connectivity index (χ4v) is 6.66. The van der Waals surface area contributed by atoms with Crippen molar-refractivity contribution in [3.05, 3.63) is 46.8 Å². The van der Waals surface area contributed by atoms with E-state index in [1.54, 1.807) is 23.1 Å². The smallest absolute Gasteiger partial charge is 0.218 e. The fraction of sp³-hybridized carbons (Fsp3) is 0.417. The molecule has 0 saturated carbocycles. The molecule has 0 atom stereocenters. The van der Waals surface area contributed by atoms with Crippen molar-refractivity contribution in [3.63, 3.8) is 0 Å². The number of rotatable bonds is 5. The Morgan fingerprint density at radius 3 is 2.70 bits per heavy atom. The number of halogens is 3. The second-order valence-corrected chi connectivity index (χ2v) is 10.9. The van der Waals surface area contributed by atoms with Crippen molar-refractivity contribution in [2.45, 2.75) is 19.4 Å². The van der Waals surface area contributed by atoms with E-state index in [4.69, 9.17) is 20.7 Å². The number of hydrogen-bond donors (Lipinski definition) is 2. The second-order valence-electron chi connectivity index (χ2n) is 8.77. The number of nitrogens with two attached hydrogens (primary N) is 1. The average molecular weight is 605 g/mol. The van der Waals surface area contributed by atoms with E-state index in [1.807, 2.05) is 6.07 Å². The Kier molecular flexibility index (Phi) is 11.0. The van der Waals surface area contributed by atoms with Gasteiger partial charge in [0.2, 0.25) is 5.17 Å². The topological polar surface area (TPSA) is 82.2 Å². The number of hydroxylamine groups is 1. The quantitative estimate of drug-likeness (QED) is 0.323. The van der Waals surface area contributed by atoms with E-state index >= 15 is 0 Å². The maximum absolute atomic E-state index is 6.14. The van der Waals surface area contributed by atoms with Gasteiger partial charge in [-0.2, -0.15) is 0 Å². The number of aliphatic imine (C=N–C) groups is 1. The van der Waals surface area contributed by atoms with Gasteiger partial charge in [0.05, 0.1) is 5.52 Å². The van der Waals surface area contributed by atoms with Crippen molar-refractivity contribution in [3.8, 4) is 5.75 Å². The van der Waals surface area contributed by atoms with E-state index in [2.05, 4.69) is 45.4 Å². The first kappa shape index (κ1) is 30.0. The van der Waals surface area contributed by atoms with Gasteiger partial charge < -0.3 is 15.1 Å². The number of thioether (sulfide) groups is 1. The molecule has 1 saturated heterocycles. The lowest BCUT2D eigenvalue weighted by Gasteiger charge is -2.35. The van der Waals surface area contributed by atoms with Gasteiger partial charge in [0.15, 0.2) is 10.8 Å². The van der Waals surface area contributed by atoms with Crippen molar-refractivity contribution < 1.29 is 4.84 Å². The van der Waals surface area contributed by atoms with E-state index in [1.165, 1.54) is 21.0 Å². The third-order valence-corrected chi connectivity index (χ3v) is 8.70. The van der Waals surface area contributed by atoms with Gasteiger partial charge in [0, 0.05) is 54.3 Å². The van der Waals surface area contributed by atoms with Gasteiger partial charge in [0.1, 0.15) is 5.82 Å². The first-order valence-electron chi connectivity index (χ1n) is 11.9. The third-order valence-electron chi connectivity index (χ3n) is 6.57. The molecule has 0 spiro atoms. The maximum atomic E-state index is 6.14. The van der Waals surface area contributed by atoms with Crippen molar-refractivity contribution in [2.24, 2.45) is 10.8 Å². The van der Waals surface area contributed by atoms with E-state index in [-0.39, 0.29) is 37.2 Å². The molecule has 3 N–H and O–H groups in total. The standard InChI is InChI=1S/C24H29N7OS2.3ClH/c25-31-24(28-23-22(32-31)18-8-9-26-16-20(18)34-23)33-15-3-10-29-11-13-30(14-12-29)21-7-6-17-4-1-2-5-19(17)27-21;;;/h1-2,4-7,26H,3,8-16,25H2;3*1H. The Morgan fingerprint density at radius 2 is 1.86 bits per heavy atom. The monoisotopic (exact) mass is 603 g/mol. The molecular weight excluding hydrogens is 573 g/mol. The number of thiophene rings is 1. The van der Waals surface area contributed by atoms with Crippen molar-refractivity contribution in [2.75, 3.05) is 49.9 Å². The van der Waals surface area contributed by atoms with Crippen LogP contribution in [-0.2, 0) is 13.0 Å². The number of benzene rings is 1. The van der Waals surface area contributed by atoms with E-state index < -0.39 is 0 Å². The van der Waals surface area contributed by atoms with Crippen molar-refractivity contribution in [1.82, 2.24) is 20.4 Å². The van der Waals surface area contributed by atoms with Crippen LogP contribution in [0.3, 0.4) is 0 Å². The van der Waals surface area contributed by atoms with Crippen LogP contribution < -0.4 is 20.9 Å². The zero-order chi connectivity index (χ0) is 22.9. The van der Waals surface area contributed by atoms with Gasteiger partial charge in [-0.15, -0.1) is 53.7 Å². The number of hydrazine groups is 1. The molecule has 0 unspecified atom stereocenters. The first-order valence-corrected chi connectivity index (χ1v) is 13.7. The fourth-order valence-electron chi connectivity index (χ4n) is 4.71. The highest BCUT2D eigenvalue weighted by Gasteiger charge is 2.28. The number of amidine groups is 1. The molecule has 37 heavy (non-hydrogen) atoms. The lowest BCUT2D eigenvalue weighted by molar-refractivity contribution is 0.0187. The molecule has 0 radical (unpaired) electrons. The second kappa shape index (κ2) is 13.5. The molecule has 2 aromatic heterocycles. The largest absolute Gasteiger partial charge is 0.359 e. The summed E-state index contributed by atoms with van der Waals surface area (Å²) in [6.45, 7) is 7.09. The van der Waals surface area contributed by atoms with Gasteiger partial charge in [-0.1, -0.05) is 30.0 Å². The minimum absolute atomic E-state index is 0. The van der Waals surface area contributed by atoms with Crippen LogP contribution >= 0.6 is 60.3 Å². The number of aromatic nitrogens is 1. The normalized spacial score (nSPS) is 16.9. The number of para-hydroxylation sites is 1. The van der Waals surface area contributed by atoms with Crippen LogP contribution in [0.1, 0.15) is 16.9 Å². The van der Waals surface area contributed by atoms with Crippen molar-refractivity contribution in [1.29, 1.82) is 0 Å². The molecule has 202 valence electrons. The summed E-state index contributed by atoms with van der Waals surface area (Å²) in [7, 11) is 0. The Hall–Kier alpha value is -1.50. The number of fused-ring (bicyclic) bond motifs is 4. The lowest BCUT2D eigenvalue weighted by atomic mass is 10.1. The molecule has 0 amide bonds. The Labute approximate surface area is 244 Å². The van der Waals surface area contributed by atoms with E-state index in [0.29, 0.717) is 0 Å². The highest BCUT2D eigenvalue weighted by atomic mass is 35.5. The predicted octanol–water partition coefficient (Wildman–Crippen LogP) is 4.62. The first-order chi connectivity index (χ1) is 16.7.